The molecule has 0 amide bonds. The largest absolute Gasteiger partial charge is 0.284 e. The average molecular weight is 219 g/mol. The Bertz CT molecular complexity index is 549. The molecule has 84 valence electrons. The van der Waals surface area contributed by atoms with Crippen LogP contribution in [0.5, 0.6) is 0 Å². The van der Waals surface area contributed by atoms with Crippen molar-refractivity contribution in [3.8, 4) is 0 Å². The maximum atomic E-state index is 13.6. The Morgan fingerprint density at radius 3 is 2.50 bits per heavy atom. The van der Waals surface area contributed by atoms with E-state index in [-0.39, 0.29) is 11.7 Å². The van der Waals surface area contributed by atoms with Gasteiger partial charge < -0.3 is 0 Å². The third-order valence-corrected chi connectivity index (χ3v) is 2.52. The van der Waals surface area contributed by atoms with E-state index in [9.17, 15) is 9.18 Å². The van der Waals surface area contributed by atoms with Gasteiger partial charge in [-0.15, -0.1) is 0 Å². The number of carbonyl (C=O) groups excluding carboxylic acids is 1. The molecule has 0 saturated carbocycles. The number of nitrogens with zero attached hydrogens (tertiary/aromatic N) is 1. The number of carbonyl (C=O) groups is 1. The van der Waals surface area contributed by atoms with Crippen molar-refractivity contribution in [3.63, 3.8) is 0 Å². The molecular weight excluding hydrogens is 205 g/mol. The summed E-state index contributed by atoms with van der Waals surface area (Å²) < 4.78 is 15.0. The van der Waals surface area contributed by atoms with Crippen LogP contribution in [0.25, 0.3) is 10.9 Å². The molecule has 3 heteroatoms. The number of rotatable bonds is 0. The van der Waals surface area contributed by atoms with E-state index < -0.39 is 5.41 Å². The Morgan fingerprint density at radius 2 is 1.88 bits per heavy atom. The quantitative estimate of drug-likeness (QED) is 0.665. The van der Waals surface area contributed by atoms with Crippen molar-refractivity contribution < 1.29 is 9.18 Å². The van der Waals surface area contributed by atoms with Crippen LogP contribution in [0.15, 0.2) is 30.5 Å². The van der Waals surface area contributed by atoms with Crippen LogP contribution in [0.3, 0.4) is 0 Å². The van der Waals surface area contributed by atoms with Gasteiger partial charge in [0.1, 0.15) is 5.82 Å². The second kappa shape index (κ2) is 3.44. The van der Waals surface area contributed by atoms with E-state index in [1.165, 1.54) is 10.8 Å². The van der Waals surface area contributed by atoms with Gasteiger partial charge in [-0.1, -0.05) is 32.9 Å². The van der Waals surface area contributed by atoms with Crippen molar-refractivity contribution in [3.05, 3.63) is 36.3 Å². The van der Waals surface area contributed by atoms with Gasteiger partial charge in [-0.3, -0.25) is 9.36 Å². The van der Waals surface area contributed by atoms with Gasteiger partial charge in [-0.2, -0.15) is 0 Å². The summed E-state index contributed by atoms with van der Waals surface area (Å²) in [6.45, 7) is 5.46. The second-order valence-electron chi connectivity index (χ2n) is 4.92. The number of fused-ring (bicyclic) bond motifs is 1. The minimum absolute atomic E-state index is 0.104. The van der Waals surface area contributed by atoms with Gasteiger partial charge in [0.25, 0.3) is 0 Å². The lowest BCUT2D eigenvalue weighted by molar-refractivity contribution is 0.0772. The Balaban J connectivity index is 2.67. The molecule has 16 heavy (non-hydrogen) atoms. The molecular formula is C13H14FNO. The van der Waals surface area contributed by atoms with Gasteiger partial charge >= 0.3 is 0 Å². The minimum Gasteiger partial charge on any atom is -0.284 e. The molecule has 1 heterocycles. The van der Waals surface area contributed by atoms with Crippen molar-refractivity contribution in [2.24, 2.45) is 5.41 Å². The lowest BCUT2D eigenvalue weighted by Crippen LogP contribution is -2.25. The number of halogens is 1. The van der Waals surface area contributed by atoms with E-state index in [0.717, 1.165) is 0 Å². The maximum Gasteiger partial charge on any atom is 0.236 e. The maximum absolute atomic E-state index is 13.6. The highest BCUT2D eigenvalue weighted by molar-refractivity contribution is 5.95. The summed E-state index contributed by atoms with van der Waals surface area (Å²) in [6.07, 6.45) is 1.26. The Labute approximate surface area is 93.7 Å². The predicted octanol–water partition coefficient (Wildman–Crippen LogP) is 3.47. The number of hydrogen-bond donors (Lipinski definition) is 0. The van der Waals surface area contributed by atoms with Gasteiger partial charge in [0, 0.05) is 17.0 Å². The zero-order chi connectivity index (χ0) is 11.9. The smallest absolute Gasteiger partial charge is 0.236 e. The SMILES string of the molecule is CC(C)(C)C(=O)n1cc(F)c2ccccc21. The summed E-state index contributed by atoms with van der Waals surface area (Å²) in [6, 6.07) is 6.99. The number of benzene rings is 1. The van der Waals surface area contributed by atoms with Crippen molar-refractivity contribution in [2.75, 3.05) is 0 Å². The first kappa shape index (κ1) is 10.9. The average Bonchev–Trinajstić information content (AvgIpc) is 2.55. The van der Waals surface area contributed by atoms with Gasteiger partial charge in [-0.05, 0) is 12.1 Å². The van der Waals surface area contributed by atoms with Crippen LogP contribution in [-0.4, -0.2) is 10.5 Å². The predicted molar refractivity (Wildman–Crippen MR) is 62.0 cm³/mol. The first-order valence-electron chi connectivity index (χ1n) is 5.21. The van der Waals surface area contributed by atoms with Gasteiger partial charge in [0.15, 0.2) is 0 Å². The molecule has 0 saturated heterocycles. The first-order valence-corrected chi connectivity index (χ1v) is 5.21. The molecule has 2 aromatic rings. The molecule has 0 unspecified atom stereocenters. The van der Waals surface area contributed by atoms with Gasteiger partial charge in [-0.25, -0.2) is 4.39 Å². The van der Waals surface area contributed by atoms with E-state index >= 15 is 0 Å². The molecule has 0 fully saturated rings. The molecule has 0 aliphatic rings. The van der Waals surface area contributed by atoms with Crippen LogP contribution in [-0.2, 0) is 0 Å². The molecule has 2 rings (SSSR count). The zero-order valence-electron chi connectivity index (χ0n) is 9.62. The molecule has 0 aliphatic carbocycles. The van der Waals surface area contributed by atoms with Gasteiger partial charge in [0.05, 0.1) is 5.52 Å². The van der Waals surface area contributed by atoms with Crippen LogP contribution in [0.1, 0.15) is 25.6 Å². The van der Waals surface area contributed by atoms with Crippen LogP contribution < -0.4 is 0 Å². The lowest BCUT2D eigenvalue weighted by Gasteiger charge is -2.17. The number of hydrogen-bond acceptors (Lipinski definition) is 1. The standard InChI is InChI=1S/C13H14FNO/c1-13(2,3)12(16)15-8-10(14)9-6-4-5-7-11(9)15/h4-8H,1-3H3. The molecule has 0 radical (unpaired) electrons. The second-order valence-corrected chi connectivity index (χ2v) is 4.92. The van der Waals surface area contributed by atoms with Gasteiger partial charge in [0.2, 0.25) is 5.91 Å². The van der Waals surface area contributed by atoms with E-state index in [1.54, 1.807) is 24.3 Å². The Kier molecular flexibility index (Phi) is 2.34. The zero-order valence-corrected chi connectivity index (χ0v) is 9.62. The third kappa shape index (κ3) is 1.62. The molecule has 0 spiro atoms. The Hall–Kier alpha value is -1.64. The fourth-order valence-electron chi connectivity index (χ4n) is 1.67. The molecule has 0 bridgehead atoms. The molecule has 1 aromatic carbocycles. The first-order chi connectivity index (χ1) is 7.41. The van der Waals surface area contributed by atoms with Crippen molar-refractivity contribution in [1.29, 1.82) is 0 Å². The number of aromatic nitrogens is 1. The minimum atomic E-state index is -0.520. The van der Waals surface area contributed by atoms with Crippen molar-refractivity contribution >= 4 is 16.8 Å². The fourth-order valence-corrected chi connectivity index (χ4v) is 1.67. The highest BCUT2D eigenvalue weighted by atomic mass is 19.1. The van der Waals surface area contributed by atoms with E-state index in [4.69, 9.17) is 0 Å². The van der Waals surface area contributed by atoms with E-state index in [1.807, 2.05) is 20.8 Å². The van der Waals surface area contributed by atoms with Crippen LogP contribution in [0.2, 0.25) is 0 Å². The van der Waals surface area contributed by atoms with Crippen LogP contribution in [0.4, 0.5) is 4.39 Å². The molecule has 0 N–H and O–H groups in total. The summed E-state index contributed by atoms with van der Waals surface area (Å²) in [4.78, 5) is 12.1. The highest BCUT2D eigenvalue weighted by Crippen LogP contribution is 2.24. The summed E-state index contributed by atoms with van der Waals surface area (Å²) in [5, 5.41) is 0.486. The fraction of sp³-hybridized carbons (Fsp3) is 0.308. The monoisotopic (exact) mass is 219 g/mol. The summed E-state index contributed by atoms with van der Waals surface area (Å²) in [5.74, 6) is -0.458. The molecule has 2 nitrogen and oxygen atoms in total. The molecule has 0 aliphatic heterocycles. The normalized spacial score (nSPS) is 12.0. The van der Waals surface area contributed by atoms with E-state index in [0.29, 0.717) is 10.9 Å². The van der Waals surface area contributed by atoms with Crippen molar-refractivity contribution in [2.45, 2.75) is 20.8 Å². The van der Waals surface area contributed by atoms with Crippen molar-refractivity contribution in [1.82, 2.24) is 4.57 Å². The van der Waals surface area contributed by atoms with E-state index in [2.05, 4.69) is 0 Å². The highest BCUT2D eigenvalue weighted by Gasteiger charge is 2.25. The number of para-hydroxylation sites is 1. The molecule has 1 aromatic heterocycles. The topological polar surface area (TPSA) is 22.0 Å². The lowest BCUT2D eigenvalue weighted by atomic mass is 9.95. The molecule has 0 atom stereocenters. The van der Waals surface area contributed by atoms with Crippen LogP contribution in [0, 0.1) is 11.2 Å². The Morgan fingerprint density at radius 1 is 1.25 bits per heavy atom. The summed E-state index contributed by atoms with van der Waals surface area (Å²) >= 11 is 0. The third-order valence-electron chi connectivity index (χ3n) is 2.52. The van der Waals surface area contributed by atoms with Crippen LogP contribution >= 0.6 is 0 Å². The summed E-state index contributed by atoms with van der Waals surface area (Å²) in [7, 11) is 0. The summed E-state index contributed by atoms with van der Waals surface area (Å²) in [5.41, 5.74) is 0.105.